The Labute approximate surface area is 191 Å². The van der Waals surface area contributed by atoms with Crippen LogP contribution in [0, 0.1) is 11.6 Å². The van der Waals surface area contributed by atoms with Crippen molar-refractivity contribution < 1.29 is 30.4 Å². The summed E-state index contributed by atoms with van der Waals surface area (Å²) in [6.45, 7) is 1.29. The van der Waals surface area contributed by atoms with Gasteiger partial charge in [0.25, 0.3) is 10.0 Å². The van der Waals surface area contributed by atoms with Crippen molar-refractivity contribution in [1.82, 2.24) is 9.97 Å². The standard InChI is InChI=1S/C21H18F5N5O2S/c22-14-4-5-18(17(23)11-14)34(32,33)29-15-12-16(21(24,25)26)20(28-13-15)31-9-7-30(8-10-31)19-3-1-2-6-27-19/h1-6,11-13,29H,7-10H2. The van der Waals surface area contributed by atoms with E-state index in [0.717, 1.165) is 12.3 Å². The van der Waals surface area contributed by atoms with Crippen LogP contribution in [0.1, 0.15) is 5.56 Å². The number of halogens is 5. The first-order valence-electron chi connectivity index (χ1n) is 10.0. The first-order valence-corrected chi connectivity index (χ1v) is 11.5. The van der Waals surface area contributed by atoms with Crippen LogP contribution in [-0.2, 0) is 16.2 Å². The molecule has 0 unspecified atom stereocenters. The molecule has 13 heteroatoms. The Morgan fingerprint density at radius 2 is 1.62 bits per heavy atom. The molecule has 1 saturated heterocycles. The number of aromatic nitrogens is 2. The zero-order valence-corrected chi connectivity index (χ0v) is 18.2. The second-order valence-electron chi connectivity index (χ2n) is 7.44. The van der Waals surface area contributed by atoms with E-state index in [1.54, 1.807) is 18.3 Å². The van der Waals surface area contributed by atoms with Crippen LogP contribution in [0.15, 0.2) is 59.8 Å². The summed E-state index contributed by atoms with van der Waals surface area (Å²) in [5, 5.41) is 0. The third-order valence-corrected chi connectivity index (χ3v) is 6.57. The van der Waals surface area contributed by atoms with E-state index >= 15 is 0 Å². The number of nitrogens with zero attached hydrogens (tertiary/aromatic N) is 4. The number of alkyl halides is 3. The number of benzene rings is 1. The summed E-state index contributed by atoms with van der Waals surface area (Å²) in [7, 11) is -4.62. The summed E-state index contributed by atoms with van der Waals surface area (Å²) < 4.78 is 95.2. The van der Waals surface area contributed by atoms with Crippen LogP contribution in [0.25, 0.3) is 0 Å². The zero-order chi connectivity index (χ0) is 24.5. The normalized spacial score (nSPS) is 14.9. The van der Waals surface area contributed by atoms with E-state index in [1.807, 2.05) is 15.7 Å². The van der Waals surface area contributed by atoms with E-state index in [2.05, 4.69) is 9.97 Å². The number of piperazine rings is 1. The molecule has 1 aromatic carbocycles. The summed E-state index contributed by atoms with van der Waals surface area (Å²) in [6.07, 6.45) is -2.28. The highest BCUT2D eigenvalue weighted by Crippen LogP contribution is 2.37. The van der Waals surface area contributed by atoms with Gasteiger partial charge in [-0.1, -0.05) is 6.07 Å². The van der Waals surface area contributed by atoms with Crippen LogP contribution in [0.5, 0.6) is 0 Å². The Balaban J connectivity index is 1.58. The predicted octanol–water partition coefficient (Wildman–Crippen LogP) is 3.90. The van der Waals surface area contributed by atoms with Crippen molar-refractivity contribution >= 4 is 27.3 Å². The summed E-state index contributed by atoms with van der Waals surface area (Å²) in [5.74, 6) is -2.00. The Bertz CT molecular complexity index is 1280. The summed E-state index contributed by atoms with van der Waals surface area (Å²) in [4.78, 5) is 10.6. The van der Waals surface area contributed by atoms with Crippen LogP contribution < -0.4 is 14.5 Å². The van der Waals surface area contributed by atoms with E-state index in [0.29, 0.717) is 37.1 Å². The van der Waals surface area contributed by atoms with Gasteiger partial charge in [-0.2, -0.15) is 13.2 Å². The van der Waals surface area contributed by atoms with Crippen molar-refractivity contribution in [3.05, 3.63) is 72.1 Å². The highest BCUT2D eigenvalue weighted by Gasteiger charge is 2.37. The molecule has 0 amide bonds. The second kappa shape index (κ2) is 9.05. The predicted molar refractivity (Wildman–Crippen MR) is 115 cm³/mol. The van der Waals surface area contributed by atoms with Crippen LogP contribution in [0.3, 0.4) is 0 Å². The molecule has 7 nitrogen and oxygen atoms in total. The third kappa shape index (κ3) is 5.03. The van der Waals surface area contributed by atoms with Gasteiger partial charge in [-0.05, 0) is 30.3 Å². The van der Waals surface area contributed by atoms with Crippen molar-refractivity contribution in [2.45, 2.75) is 11.1 Å². The summed E-state index contributed by atoms with van der Waals surface area (Å²) in [6, 6.07) is 7.76. The fourth-order valence-corrected chi connectivity index (χ4v) is 4.66. The maximum absolute atomic E-state index is 13.9. The Morgan fingerprint density at radius 3 is 2.24 bits per heavy atom. The molecule has 3 aromatic rings. The molecule has 4 rings (SSSR count). The molecule has 1 fully saturated rings. The molecule has 0 spiro atoms. The minimum absolute atomic E-state index is 0.235. The first kappa shape index (κ1) is 23.7. The molecule has 0 saturated carbocycles. The van der Waals surface area contributed by atoms with Gasteiger partial charge < -0.3 is 9.80 Å². The molecule has 0 atom stereocenters. The van der Waals surface area contributed by atoms with Crippen molar-refractivity contribution in [2.24, 2.45) is 0 Å². The lowest BCUT2D eigenvalue weighted by molar-refractivity contribution is -0.137. The lowest BCUT2D eigenvalue weighted by atomic mass is 10.2. The number of rotatable bonds is 5. The Morgan fingerprint density at radius 1 is 0.912 bits per heavy atom. The number of sulfonamides is 1. The molecule has 0 radical (unpaired) electrons. The largest absolute Gasteiger partial charge is 0.420 e. The molecule has 180 valence electrons. The molecule has 2 aromatic heterocycles. The fraction of sp³-hybridized carbons (Fsp3) is 0.238. The first-order chi connectivity index (χ1) is 16.0. The number of anilines is 3. The van der Waals surface area contributed by atoms with Gasteiger partial charge in [0.2, 0.25) is 0 Å². The van der Waals surface area contributed by atoms with Crippen molar-refractivity contribution in [2.75, 3.05) is 40.7 Å². The van der Waals surface area contributed by atoms with Crippen molar-refractivity contribution in [3.63, 3.8) is 0 Å². The van der Waals surface area contributed by atoms with E-state index in [1.165, 1.54) is 4.90 Å². The average Bonchev–Trinajstić information content (AvgIpc) is 2.79. The molecule has 0 bridgehead atoms. The van der Waals surface area contributed by atoms with Gasteiger partial charge >= 0.3 is 6.18 Å². The topological polar surface area (TPSA) is 78.4 Å². The maximum Gasteiger partial charge on any atom is 0.420 e. The lowest BCUT2D eigenvalue weighted by Gasteiger charge is -2.37. The van der Waals surface area contributed by atoms with E-state index in [9.17, 15) is 30.4 Å². The molecular weight excluding hydrogens is 481 g/mol. The lowest BCUT2D eigenvalue weighted by Crippen LogP contribution is -2.47. The van der Waals surface area contributed by atoms with E-state index in [-0.39, 0.29) is 18.9 Å². The second-order valence-corrected chi connectivity index (χ2v) is 9.09. The van der Waals surface area contributed by atoms with Crippen LogP contribution in [0.4, 0.5) is 39.3 Å². The quantitative estimate of drug-likeness (QED) is 0.537. The molecular formula is C21H18F5N5O2S. The molecule has 1 aliphatic rings. The Hall–Kier alpha value is -3.48. The molecule has 1 aliphatic heterocycles. The monoisotopic (exact) mass is 499 g/mol. The van der Waals surface area contributed by atoms with Crippen molar-refractivity contribution in [1.29, 1.82) is 0 Å². The highest BCUT2D eigenvalue weighted by atomic mass is 32.2. The fourth-order valence-electron chi connectivity index (χ4n) is 3.57. The van der Waals surface area contributed by atoms with Gasteiger partial charge in [0.15, 0.2) is 0 Å². The smallest absolute Gasteiger partial charge is 0.353 e. The zero-order valence-electron chi connectivity index (χ0n) is 17.4. The van der Waals surface area contributed by atoms with Gasteiger partial charge in [0.1, 0.15) is 33.7 Å². The van der Waals surface area contributed by atoms with Gasteiger partial charge in [-0.15, -0.1) is 0 Å². The van der Waals surface area contributed by atoms with Crippen LogP contribution in [0.2, 0.25) is 0 Å². The number of hydrogen-bond acceptors (Lipinski definition) is 6. The summed E-state index contributed by atoms with van der Waals surface area (Å²) >= 11 is 0. The Kier molecular flexibility index (Phi) is 6.30. The molecule has 3 heterocycles. The van der Waals surface area contributed by atoms with Crippen LogP contribution in [-0.4, -0.2) is 44.6 Å². The van der Waals surface area contributed by atoms with Gasteiger partial charge in [0, 0.05) is 38.4 Å². The number of pyridine rings is 2. The SMILES string of the molecule is O=S(=O)(Nc1cnc(N2CCN(c3ccccn3)CC2)c(C(F)(F)F)c1)c1ccc(F)cc1F. The molecule has 1 N–H and O–H groups in total. The number of hydrogen-bond donors (Lipinski definition) is 1. The molecule has 0 aliphatic carbocycles. The molecule has 34 heavy (non-hydrogen) atoms. The highest BCUT2D eigenvalue weighted by molar-refractivity contribution is 7.92. The van der Waals surface area contributed by atoms with Gasteiger partial charge in [-0.3, -0.25) is 4.72 Å². The maximum atomic E-state index is 13.9. The van der Waals surface area contributed by atoms with Gasteiger partial charge in [0.05, 0.1) is 11.9 Å². The van der Waals surface area contributed by atoms with E-state index < -0.39 is 44.0 Å². The minimum Gasteiger partial charge on any atom is -0.353 e. The summed E-state index contributed by atoms with van der Waals surface area (Å²) in [5.41, 5.74) is -1.65. The third-order valence-electron chi connectivity index (χ3n) is 5.16. The minimum atomic E-state index is -4.83. The van der Waals surface area contributed by atoms with Gasteiger partial charge in [-0.25, -0.2) is 27.2 Å². The van der Waals surface area contributed by atoms with Crippen molar-refractivity contribution in [3.8, 4) is 0 Å². The number of nitrogens with one attached hydrogen (secondary N) is 1. The van der Waals surface area contributed by atoms with Crippen LogP contribution >= 0.6 is 0 Å². The van der Waals surface area contributed by atoms with E-state index in [4.69, 9.17) is 0 Å². The average molecular weight is 499 g/mol.